The van der Waals surface area contributed by atoms with Gasteiger partial charge in [0.1, 0.15) is 0 Å². The van der Waals surface area contributed by atoms with Crippen LogP contribution in [0.5, 0.6) is 0 Å². The molecule has 0 aromatic carbocycles. The van der Waals surface area contributed by atoms with Crippen LogP contribution in [0.15, 0.2) is 4.42 Å². The molecule has 2 rings (SSSR count). The smallest absolute Gasteiger partial charge is 0.230 e. The maximum Gasteiger partial charge on any atom is 0.230 e. The van der Waals surface area contributed by atoms with E-state index < -0.39 is 0 Å². The van der Waals surface area contributed by atoms with E-state index in [9.17, 15) is 0 Å². The summed E-state index contributed by atoms with van der Waals surface area (Å²) >= 11 is 0. The van der Waals surface area contributed by atoms with Crippen molar-refractivity contribution in [3.05, 3.63) is 11.8 Å². The predicted molar refractivity (Wildman–Crippen MR) is 74.9 cm³/mol. The molecule has 2 heterocycles. The lowest BCUT2D eigenvalue weighted by Gasteiger charge is -2.29. The fraction of sp³-hybridized carbons (Fsp3) is 0.857. The molecule has 0 aliphatic carbocycles. The molecule has 1 aliphatic rings. The molecule has 5 nitrogen and oxygen atoms in total. The fourth-order valence-corrected chi connectivity index (χ4v) is 2.63. The summed E-state index contributed by atoms with van der Waals surface area (Å²) < 4.78 is 5.61. The van der Waals surface area contributed by atoms with Gasteiger partial charge in [-0.05, 0) is 32.4 Å². The second-order valence-corrected chi connectivity index (χ2v) is 5.33. The molecule has 0 radical (unpaired) electrons. The lowest BCUT2D eigenvalue weighted by Crippen LogP contribution is -2.43. The third-order valence-corrected chi connectivity index (χ3v) is 3.60. The molecule has 1 aromatic rings. The average Bonchev–Trinajstić information content (AvgIpc) is 2.88. The molecule has 1 aliphatic heterocycles. The minimum Gasteiger partial charge on any atom is -0.424 e. The second-order valence-electron chi connectivity index (χ2n) is 5.33. The first-order valence-electron chi connectivity index (χ1n) is 7.58. The Balaban J connectivity index is 1.87. The number of piperidine rings is 1. The summed E-state index contributed by atoms with van der Waals surface area (Å²) in [5.41, 5.74) is 0. The topological polar surface area (TPSA) is 54.2 Å². The Morgan fingerprint density at radius 3 is 2.74 bits per heavy atom. The van der Waals surface area contributed by atoms with Crippen molar-refractivity contribution in [2.75, 3.05) is 19.6 Å². The molecular formula is C14H26N4O. The SMILES string of the molecule is CCCN(Cc1nnc(CC)o1)CC1CCCCN1. The third kappa shape index (κ3) is 4.58. The highest BCUT2D eigenvalue weighted by Gasteiger charge is 2.18. The van der Waals surface area contributed by atoms with Crippen molar-refractivity contribution in [1.82, 2.24) is 20.4 Å². The molecule has 1 aromatic heterocycles. The van der Waals surface area contributed by atoms with E-state index in [1.54, 1.807) is 0 Å². The van der Waals surface area contributed by atoms with Crippen LogP contribution in [0.2, 0.25) is 0 Å². The Kier molecular flexibility index (Phi) is 5.79. The lowest BCUT2D eigenvalue weighted by molar-refractivity contribution is 0.199. The van der Waals surface area contributed by atoms with Gasteiger partial charge < -0.3 is 9.73 Å². The quantitative estimate of drug-likeness (QED) is 0.818. The zero-order valence-corrected chi connectivity index (χ0v) is 12.2. The molecule has 1 saturated heterocycles. The van der Waals surface area contributed by atoms with E-state index in [0.29, 0.717) is 6.04 Å². The molecule has 1 atom stereocenters. The summed E-state index contributed by atoms with van der Waals surface area (Å²) in [7, 11) is 0. The van der Waals surface area contributed by atoms with Crippen LogP contribution < -0.4 is 5.32 Å². The number of aryl methyl sites for hydroxylation is 1. The number of hydrogen-bond acceptors (Lipinski definition) is 5. The highest BCUT2D eigenvalue weighted by Crippen LogP contribution is 2.11. The highest BCUT2D eigenvalue weighted by atomic mass is 16.4. The number of nitrogens with one attached hydrogen (secondary N) is 1. The van der Waals surface area contributed by atoms with E-state index in [0.717, 1.165) is 50.8 Å². The van der Waals surface area contributed by atoms with E-state index in [1.165, 1.54) is 19.3 Å². The second kappa shape index (κ2) is 7.60. The van der Waals surface area contributed by atoms with E-state index in [-0.39, 0.29) is 0 Å². The minimum absolute atomic E-state index is 0.619. The standard InChI is InChI=1S/C14H26N4O/c1-3-9-18(10-12-7-5-6-8-15-12)11-14-17-16-13(4-2)19-14/h12,15H,3-11H2,1-2H3. The van der Waals surface area contributed by atoms with Crippen molar-refractivity contribution in [2.45, 2.75) is 58.5 Å². The van der Waals surface area contributed by atoms with Crippen LogP contribution in [-0.4, -0.2) is 40.8 Å². The number of nitrogens with zero attached hydrogens (tertiary/aromatic N) is 3. The maximum atomic E-state index is 5.61. The van der Waals surface area contributed by atoms with Crippen LogP contribution >= 0.6 is 0 Å². The van der Waals surface area contributed by atoms with Crippen molar-refractivity contribution in [3.8, 4) is 0 Å². The molecule has 0 bridgehead atoms. The molecule has 1 N–H and O–H groups in total. The van der Waals surface area contributed by atoms with Gasteiger partial charge in [-0.1, -0.05) is 20.3 Å². The fourth-order valence-electron chi connectivity index (χ4n) is 2.63. The van der Waals surface area contributed by atoms with Crippen molar-refractivity contribution >= 4 is 0 Å². The van der Waals surface area contributed by atoms with Crippen LogP contribution in [-0.2, 0) is 13.0 Å². The normalized spacial score (nSPS) is 20.1. The molecule has 5 heteroatoms. The molecule has 1 fully saturated rings. The monoisotopic (exact) mass is 266 g/mol. The van der Waals surface area contributed by atoms with Gasteiger partial charge in [0, 0.05) is 19.0 Å². The van der Waals surface area contributed by atoms with Crippen LogP contribution in [0, 0.1) is 0 Å². The number of aromatic nitrogens is 2. The van der Waals surface area contributed by atoms with Gasteiger partial charge in [0.15, 0.2) is 0 Å². The Morgan fingerprint density at radius 2 is 2.11 bits per heavy atom. The highest BCUT2D eigenvalue weighted by molar-refractivity contribution is 4.83. The number of hydrogen-bond donors (Lipinski definition) is 1. The van der Waals surface area contributed by atoms with Gasteiger partial charge in [-0.2, -0.15) is 0 Å². The zero-order chi connectivity index (χ0) is 13.5. The average molecular weight is 266 g/mol. The molecule has 1 unspecified atom stereocenters. The summed E-state index contributed by atoms with van der Waals surface area (Å²) in [4.78, 5) is 2.43. The minimum atomic E-state index is 0.619. The predicted octanol–water partition coefficient (Wildman–Crippen LogP) is 1.99. The van der Waals surface area contributed by atoms with Crippen molar-refractivity contribution in [2.24, 2.45) is 0 Å². The summed E-state index contributed by atoms with van der Waals surface area (Å²) in [6.45, 7) is 8.35. The molecule has 19 heavy (non-hydrogen) atoms. The maximum absolute atomic E-state index is 5.61. The van der Waals surface area contributed by atoms with Crippen molar-refractivity contribution in [3.63, 3.8) is 0 Å². The first kappa shape index (κ1) is 14.5. The van der Waals surface area contributed by atoms with Gasteiger partial charge in [-0.25, -0.2) is 0 Å². The first-order valence-corrected chi connectivity index (χ1v) is 7.58. The van der Waals surface area contributed by atoms with Gasteiger partial charge in [-0.15, -0.1) is 10.2 Å². The van der Waals surface area contributed by atoms with Crippen molar-refractivity contribution < 1.29 is 4.42 Å². The van der Waals surface area contributed by atoms with Crippen molar-refractivity contribution in [1.29, 1.82) is 0 Å². The molecular weight excluding hydrogens is 240 g/mol. The third-order valence-electron chi connectivity index (χ3n) is 3.60. The summed E-state index contributed by atoms with van der Waals surface area (Å²) in [6.07, 6.45) is 5.91. The van der Waals surface area contributed by atoms with Crippen LogP contribution in [0.25, 0.3) is 0 Å². The Labute approximate surface area is 115 Å². The lowest BCUT2D eigenvalue weighted by atomic mass is 10.0. The van der Waals surface area contributed by atoms with E-state index >= 15 is 0 Å². The number of rotatable bonds is 7. The van der Waals surface area contributed by atoms with E-state index in [4.69, 9.17) is 4.42 Å². The van der Waals surface area contributed by atoms with Gasteiger partial charge in [0.25, 0.3) is 0 Å². The Morgan fingerprint density at radius 1 is 1.26 bits per heavy atom. The van der Waals surface area contributed by atoms with E-state index in [2.05, 4.69) is 27.3 Å². The summed E-state index contributed by atoms with van der Waals surface area (Å²) in [6, 6.07) is 0.619. The zero-order valence-electron chi connectivity index (χ0n) is 12.2. The summed E-state index contributed by atoms with van der Waals surface area (Å²) in [5.74, 6) is 1.49. The first-order chi connectivity index (χ1) is 9.31. The van der Waals surface area contributed by atoms with Gasteiger partial charge in [0.05, 0.1) is 6.54 Å². The van der Waals surface area contributed by atoms with E-state index in [1.807, 2.05) is 6.92 Å². The van der Waals surface area contributed by atoms with Crippen LogP contribution in [0.1, 0.15) is 51.3 Å². The largest absolute Gasteiger partial charge is 0.424 e. The molecule has 0 saturated carbocycles. The molecule has 0 spiro atoms. The molecule has 108 valence electrons. The van der Waals surface area contributed by atoms with Crippen LogP contribution in [0.4, 0.5) is 0 Å². The van der Waals surface area contributed by atoms with Crippen LogP contribution in [0.3, 0.4) is 0 Å². The van der Waals surface area contributed by atoms with Gasteiger partial charge in [0.2, 0.25) is 11.8 Å². The Hall–Kier alpha value is -0.940. The Bertz CT molecular complexity index is 360. The summed E-state index contributed by atoms with van der Waals surface area (Å²) in [5, 5.41) is 11.8. The van der Waals surface area contributed by atoms with Gasteiger partial charge in [-0.3, -0.25) is 4.90 Å². The molecule has 0 amide bonds. The van der Waals surface area contributed by atoms with Gasteiger partial charge >= 0.3 is 0 Å².